The molecule has 7 heteroatoms. The Hall–Kier alpha value is -2.83. The zero-order chi connectivity index (χ0) is 15.9. The van der Waals surface area contributed by atoms with Crippen molar-refractivity contribution in [3.8, 4) is 0 Å². The van der Waals surface area contributed by atoms with Gasteiger partial charge in [0.05, 0.1) is 11.7 Å². The number of nitrogens with one attached hydrogen (secondary N) is 4. The third-order valence-corrected chi connectivity index (χ3v) is 4.82. The van der Waals surface area contributed by atoms with Crippen LogP contribution in [0.1, 0.15) is 24.8 Å². The SMILES string of the molecule is c1cc2cn[nH]c2cc1Nc1nc2c(c(NC3CCC3)n1)CCN2. The first-order chi connectivity index (χ1) is 11.8. The second kappa shape index (κ2) is 5.36. The van der Waals surface area contributed by atoms with Gasteiger partial charge < -0.3 is 16.0 Å². The fourth-order valence-corrected chi connectivity index (χ4v) is 3.24. The number of benzene rings is 1. The number of anilines is 4. The molecule has 2 aliphatic rings. The Bertz CT molecular complexity index is 897. The maximum atomic E-state index is 4.73. The average Bonchev–Trinajstić information content (AvgIpc) is 3.18. The van der Waals surface area contributed by atoms with Crippen molar-refractivity contribution in [3.05, 3.63) is 30.0 Å². The van der Waals surface area contributed by atoms with E-state index < -0.39 is 0 Å². The highest BCUT2D eigenvalue weighted by molar-refractivity contribution is 5.82. The van der Waals surface area contributed by atoms with Gasteiger partial charge in [-0.05, 0) is 43.9 Å². The molecule has 0 radical (unpaired) electrons. The number of hydrogen-bond acceptors (Lipinski definition) is 6. The van der Waals surface area contributed by atoms with E-state index in [9.17, 15) is 0 Å². The molecule has 5 rings (SSSR count). The Labute approximate surface area is 139 Å². The highest BCUT2D eigenvalue weighted by atomic mass is 15.2. The largest absolute Gasteiger partial charge is 0.369 e. The third-order valence-electron chi connectivity index (χ3n) is 4.82. The van der Waals surface area contributed by atoms with Crippen molar-refractivity contribution >= 4 is 34.2 Å². The van der Waals surface area contributed by atoms with Crippen LogP contribution in [0.25, 0.3) is 10.9 Å². The summed E-state index contributed by atoms with van der Waals surface area (Å²) < 4.78 is 0. The van der Waals surface area contributed by atoms with Crippen LogP contribution in [0.4, 0.5) is 23.3 Å². The number of fused-ring (bicyclic) bond motifs is 2. The summed E-state index contributed by atoms with van der Waals surface area (Å²) in [6.07, 6.45) is 6.55. The summed E-state index contributed by atoms with van der Waals surface area (Å²) in [4.78, 5) is 9.36. The van der Waals surface area contributed by atoms with Crippen LogP contribution in [0.5, 0.6) is 0 Å². The van der Waals surface area contributed by atoms with Gasteiger partial charge in [0.1, 0.15) is 11.6 Å². The Morgan fingerprint density at radius 3 is 3.00 bits per heavy atom. The van der Waals surface area contributed by atoms with Crippen molar-refractivity contribution < 1.29 is 0 Å². The summed E-state index contributed by atoms with van der Waals surface area (Å²) in [6.45, 7) is 0.924. The third kappa shape index (κ3) is 2.33. The van der Waals surface area contributed by atoms with Crippen LogP contribution in [-0.4, -0.2) is 32.8 Å². The molecule has 1 aliphatic carbocycles. The number of hydrogen-bond donors (Lipinski definition) is 4. The minimum absolute atomic E-state index is 0.554. The second-order valence-electron chi connectivity index (χ2n) is 6.47. The molecule has 1 saturated carbocycles. The number of aromatic amines is 1. The smallest absolute Gasteiger partial charge is 0.231 e. The Morgan fingerprint density at radius 2 is 2.12 bits per heavy atom. The predicted octanol–water partition coefficient (Wildman–Crippen LogP) is 3.03. The molecule has 1 aliphatic heterocycles. The summed E-state index contributed by atoms with van der Waals surface area (Å²) >= 11 is 0. The standard InChI is InChI=1S/C17H19N7/c1-2-11(3-1)20-16-13-6-7-18-15(13)22-17(23-16)21-12-5-4-10-9-19-24-14(10)8-12/h4-5,8-9,11H,1-3,6-7H2,(H,19,24)(H3,18,20,21,22,23). The molecule has 0 unspecified atom stereocenters. The van der Waals surface area contributed by atoms with Gasteiger partial charge in [-0.1, -0.05) is 0 Å². The molecule has 1 fully saturated rings. The number of rotatable bonds is 4. The molecular weight excluding hydrogens is 302 g/mol. The molecule has 0 atom stereocenters. The molecule has 3 heterocycles. The van der Waals surface area contributed by atoms with Crippen molar-refractivity contribution in [2.24, 2.45) is 0 Å². The minimum atomic E-state index is 0.554. The van der Waals surface area contributed by atoms with Gasteiger partial charge in [0.2, 0.25) is 5.95 Å². The van der Waals surface area contributed by atoms with Gasteiger partial charge in [-0.2, -0.15) is 15.1 Å². The van der Waals surface area contributed by atoms with Crippen LogP contribution < -0.4 is 16.0 Å². The molecule has 4 N–H and O–H groups in total. The van der Waals surface area contributed by atoms with Crippen LogP contribution >= 0.6 is 0 Å². The van der Waals surface area contributed by atoms with Crippen LogP contribution in [0.2, 0.25) is 0 Å². The highest BCUT2D eigenvalue weighted by Crippen LogP contribution is 2.32. The molecule has 2 aromatic heterocycles. The van der Waals surface area contributed by atoms with E-state index in [4.69, 9.17) is 4.98 Å². The van der Waals surface area contributed by atoms with Gasteiger partial charge in [-0.15, -0.1) is 0 Å². The maximum Gasteiger partial charge on any atom is 0.231 e. The van der Waals surface area contributed by atoms with Crippen molar-refractivity contribution in [2.45, 2.75) is 31.7 Å². The molecular formula is C17H19N7. The van der Waals surface area contributed by atoms with E-state index in [1.165, 1.54) is 24.8 Å². The first kappa shape index (κ1) is 13.6. The van der Waals surface area contributed by atoms with E-state index in [2.05, 4.69) is 31.1 Å². The van der Waals surface area contributed by atoms with Crippen molar-refractivity contribution in [3.63, 3.8) is 0 Å². The average molecular weight is 321 g/mol. The molecule has 0 spiro atoms. The summed E-state index contributed by atoms with van der Waals surface area (Å²) in [5.41, 5.74) is 3.14. The zero-order valence-electron chi connectivity index (χ0n) is 13.3. The minimum Gasteiger partial charge on any atom is -0.369 e. The van der Waals surface area contributed by atoms with E-state index in [-0.39, 0.29) is 0 Å². The van der Waals surface area contributed by atoms with E-state index in [1.807, 2.05) is 24.4 Å². The monoisotopic (exact) mass is 321 g/mol. The van der Waals surface area contributed by atoms with Gasteiger partial charge in [0.25, 0.3) is 0 Å². The topological polar surface area (TPSA) is 90.5 Å². The Morgan fingerprint density at radius 1 is 1.17 bits per heavy atom. The summed E-state index contributed by atoms with van der Waals surface area (Å²) in [6, 6.07) is 6.62. The summed E-state index contributed by atoms with van der Waals surface area (Å²) in [5.74, 6) is 2.53. The molecule has 7 nitrogen and oxygen atoms in total. The number of nitrogens with zero attached hydrogens (tertiary/aromatic N) is 3. The van der Waals surface area contributed by atoms with Crippen LogP contribution in [0.15, 0.2) is 24.4 Å². The lowest BCUT2D eigenvalue weighted by atomic mass is 9.93. The quantitative estimate of drug-likeness (QED) is 0.590. The number of aromatic nitrogens is 4. The normalized spacial score (nSPS) is 16.5. The molecule has 1 aromatic carbocycles. The van der Waals surface area contributed by atoms with Crippen LogP contribution in [0, 0.1) is 0 Å². The maximum absolute atomic E-state index is 4.73. The van der Waals surface area contributed by atoms with Crippen molar-refractivity contribution in [1.29, 1.82) is 0 Å². The highest BCUT2D eigenvalue weighted by Gasteiger charge is 2.23. The van der Waals surface area contributed by atoms with Gasteiger partial charge in [0.15, 0.2) is 0 Å². The molecule has 122 valence electrons. The van der Waals surface area contributed by atoms with Gasteiger partial charge >= 0.3 is 0 Å². The van der Waals surface area contributed by atoms with Crippen molar-refractivity contribution in [2.75, 3.05) is 22.5 Å². The molecule has 0 bridgehead atoms. The van der Waals surface area contributed by atoms with E-state index in [0.29, 0.717) is 12.0 Å². The van der Waals surface area contributed by atoms with E-state index in [1.54, 1.807) is 0 Å². The van der Waals surface area contributed by atoms with Gasteiger partial charge in [0, 0.05) is 29.2 Å². The summed E-state index contributed by atoms with van der Waals surface area (Å²) in [5, 5.41) is 18.4. The van der Waals surface area contributed by atoms with Gasteiger partial charge in [-0.25, -0.2) is 0 Å². The predicted molar refractivity (Wildman–Crippen MR) is 94.9 cm³/mol. The lowest BCUT2D eigenvalue weighted by Gasteiger charge is -2.27. The molecule has 0 saturated heterocycles. The van der Waals surface area contributed by atoms with Crippen molar-refractivity contribution in [1.82, 2.24) is 20.2 Å². The molecule has 24 heavy (non-hydrogen) atoms. The summed E-state index contributed by atoms with van der Waals surface area (Å²) in [7, 11) is 0. The van der Waals surface area contributed by atoms with Gasteiger partial charge in [-0.3, -0.25) is 5.10 Å². The first-order valence-electron chi connectivity index (χ1n) is 8.47. The zero-order valence-corrected chi connectivity index (χ0v) is 13.3. The number of H-pyrrole nitrogens is 1. The molecule has 0 amide bonds. The lowest BCUT2D eigenvalue weighted by Crippen LogP contribution is -2.28. The Kier molecular flexibility index (Phi) is 3.04. The van der Waals surface area contributed by atoms with Crippen LogP contribution in [0.3, 0.4) is 0 Å². The Balaban J connectivity index is 1.47. The molecule has 3 aromatic rings. The van der Waals surface area contributed by atoms with E-state index >= 15 is 0 Å². The second-order valence-corrected chi connectivity index (χ2v) is 6.47. The first-order valence-corrected chi connectivity index (χ1v) is 8.47. The van der Waals surface area contributed by atoms with Crippen LogP contribution in [-0.2, 0) is 6.42 Å². The lowest BCUT2D eigenvalue weighted by molar-refractivity contribution is 0.444. The van der Waals surface area contributed by atoms with E-state index in [0.717, 1.165) is 41.2 Å². The fraction of sp³-hybridized carbons (Fsp3) is 0.353. The fourth-order valence-electron chi connectivity index (χ4n) is 3.24.